The van der Waals surface area contributed by atoms with Crippen molar-refractivity contribution in [3.63, 3.8) is 0 Å². The highest BCUT2D eigenvalue weighted by atomic mass is 19.2. The van der Waals surface area contributed by atoms with Gasteiger partial charge >= 0.3 is 5.97 Å². The molecule has 0 saturated heterocycles. The first-order chi connectivity index (χ1) is 36.9. The molecule has 2 saturated carbocycles. The average Bonchev–Trinajstić information content (AvgIpc) is 4.37. The summed E-state index contributed by atoms with van der Waals surface area (Å²) in [5.74, 6) is -7.27. The Labute approximate surface area is 439 Å². The van der Waals surface area contributed by atoms with Gasteiger partial charge in [0.2, 0.25) is 0 Å². The van der Waals surface area contributed by atoms with E-state index in [2.05, 4.69) is 9.97 Å². The third-order valence-electron chi connectivity index (χ3n) is 13.8. The molecule has 8 aromatic rings. The molecule has 0 radical (unpaired) electrons. The van der Waals surface area contributed by atoms with E-state index < -0.39 is 75.5 Å². The van der Waals surface area contributed by atoms with Crippen LogP contribution in [0, 0.1) is 34.9 Å². The number of aliphatic carboxylic acids is 1. The molecular weight excluding hydrogens is 997 g/mol. The van der Waals surface area contributed by atoms with Crippen molar-refractivity contribution in [2.45, 2.75) is 67.7 Å². The van der Waals surface area contributed by atoms with E-state index in [4.69, 9.17) is 22.3 Å². The van der Waals surface area contributed by atoms with E-state index in [1.165, 1.54) is 54.7 Å². The Hall–Kier alpha value is -8.76. The van der Waals surface area contributed by atoms with Gasteiger partial charge in [0.05, 0.1) is 39.4 Å². The summed E-state index contributed by atoms with van der Waals surface area (Å²) < 4.78 is 82.9. The van der Waals surface area contributed by atoms with E-state index in [1.807, 2.05) is 60.7 Å². The molecule has 10 nitrogen and oxygen atoms in total. The summed E-state index contributed by atoms with van der Waals surface area (Å²) in [4.78, 5) is 56.7. The molecule has 7 N–H and O–H groups in total. The number of ketones is 1. The van der Waals surface area contributed by atoms with Gasteiger partial charge in [-0.15, -0.1) is 0 Å². The first-order valence-electron chi connectivity index (χ1n) is 24.5. The molecule has 0 spiro atoms. The number of carbonyl (C=O) groups is 4. The monoisotopic (exact) mass is 1050 g/mol. The summed E-state index contributed by atoms with van der Waals surface area (Å²) in [5, 5.41) is 8.96. The zero-order valence-electron chi connectivity index (χ0n) is 41.2. The van der Waals surface area contributed by atoms with Gasteiger partial charge in [-0.25, -0.2) is 26.3 Å². The second kappa shape index (κ2) is 23.4. The highest BCUT2D eigenvalue weighted by molar-refractivity contribution is 5.96. The lowest BCUT2D eigenvalue weighted by atomic mass is 9.81. The van der Waals surface area contributed by atoms with Gasteiger partial charge in [-0.3, -0.25) is 29.1 Å². The number of benzene rings is 6. The number of nitrogens with zero attached hydrogens (tertiary/aromatic N) is 2. The van der Waals surface area contributed by atoms with Crippen molar-refractivity contribution in [3.05, 3.63) is 250 Å². The van der Waals surface area contributed by atoms with E-state index in [0.717, 1.165) is 61.1 Å². The maximum absolute atomic E-state index is 14.2. The number of halogens is 6. The fraction of sp³-hybridized carbons (Fsp3) is 0.180. The normalized spacial score (nSPS) is 14.3. The molecule has 10 rings (SSSR count). The van der Waals surface area contributed by atoms with Gasteiger partial charge in [0.15, 0.2) is 0 Å². The molecule has 0 bridgehead atoms. The molecule has 2 aliphatic rings. The van der Waals surface area contributed by atoms with Gasteiger partial charge in [-0.05, 0) is 133 Å². The van der Waals surface area contributed by atoms with Gasteiger partial charge in [-0.1, -0.05) is 84.9 Å². The quantitative estimate of drug-likeness (QED) is 0.0687. The van der Waals surface area contributed by atoms with Crippen molar-refractivity contribution < 1.29 is 50.6 Å². The Balaban J connectivity index is 0.000000173. The molecule has 0 unspecified atom stereocenters. The molecule has 77 heavy (non-hydrogen) atoms. The number of carboxylic acid groups (broad SMARTS) is 1. The van der Waals surface area contributed by atoms with Gasteiger partial charge in [0, 0.05) is 48.0 Å². The van der Waals surface area contributed by atoms with E-state index in [0.29, 0.717) is 44.8 Å². The van der Waals surface area contributed by atoms with Crippen LogP contribution in [0.3, 0.4) is 0 Å². The minimum atomic E-state index is -0.907. The Morgan fingerprint density at radius 3 is 1.35 bits per heavy atom. The molecule has 2 aromatic heterocycles. The molecule has 392 valence electrons. The SMILES string of the molecule is NC(=O)c1cc(-c2cccnc2[C@@H](CC(=O)C2(c3ccccc3)CC2)Cc2cc(F)cc(F)c2)ccc1F.NC(=O)c1cc(-c2cccnc2[C@@H](N)Cc2cc(F)cc(F)c2)ccc1F.O=C(O)C1(c2ccccc2)CC1. The predicted octanol–water partition coefficient (Wildman–Crippen LogP) is 11.6. The molecule has 2 amide bonds. The summed E-state index contributed by atoms with van der Waals surface area (Å²) in [7, 11) is 0. The third kappa shape index (κ3) is 12.8. The number of primary amides is 2. The van der Waals surface area contributed by atoms with Gasteiger partial charge in [-0.2, -0.15) is 0 Å². The van der Waals surface area contributed by atoms with Gasteiger partial charge < -0.3 is 22.3 Å². The maximum atomic E-state index is 14.2. The average molecular weight is 1050 g/mol. The number of pyridine rings is 2. The standard InChI is InChI=1S/C31H25F3N2O2.C20H16F3N3O.C10H10O2/c32-23-14-19(15-24(33)18-23)13-21(17-28(37)31(10-11-31)22-5-2-1-3-6-22)29-25(7-4-12-36-29)20-8-9-27(34)26(16-20)30(35)38;21-13-6-11(7-14(22)10-13)8-18(24)19-15(2-1-5-26-19)12-3-4-17(23)16(9-12)20(25)27;11-9(12)10(6-7-10)8-4-2-1-3-5-8/h1-9,12,14-16,18,21H,10-11,13,17H2,(H2,35,38);1-7,9-10,18H,8,24H2,(H2,25,27);1-5H,6-7H2,(H,11,12)/t21-;18-;/m10./s1. The van der Waals surface area contributed by atoms with Gasteiger partial charge in [0.25, 0.3) is 11.8 Å². The predicted molar refractivity (Wildman–Crippen MR) is 278 cm³/mol. The maximum Gasteiger partial charge on any atom is 0.314 e. The van der Waals surface area contributed by atoms with E-state index >= 15 is 0 Å². The summed E-state index contributed by atoms with van der Waals surface area (Å²) in [5.41, 5.74) is 20.9. The van der Waals surface area contributed by atoms with Crippen LogP contribution in [0.15, 0.2) is 170 Å². The number of amides is 2. The number of hydrogen-bond donors (Lipinski definition) is 4. The number of Topliss-reactive ketones (excluding diaryl/α,β-unsaturated/α-hetero) is 1. The van der Waals surface area contributed by atoms with Crippen LogP contribution >= 0.6 is 0 Å². The Kier molecular flexibility index (Phi) is 16.6. The molecule has 2 aliphatic carbocycles. The minimum Gasteiger partial charge on any atom is -0.481 e. The molecule has 2 heterocycles. The minimum absolute atomic E-state index is 0.0270. The zero-order chi connectivity index (χ0) is 55.0. The number of rotatable bonds is 16. The van der Waals surface area contributed by atoms with Crippen molar-refractivity contribution in [1.29, 1.82) is 0 Å². The summed E-state index contributed by atoms with van der Waals surface area (Å²) in [6.07, 6.45) is 6.51. The number of nitrogens with two attached hydrogens (primary N) is 3. The van der Waals surface area contributed by atoms with Crippen LogP contribution in [-0.2, 0) is 33.3 Å². The van der Waals surface area contributed by atoms with Crippen LogP contribution in [0.1, 0.15) is 98.4 Å². The van der Waals surface area contributed by atoms with Crippen molar-refractivity contribution >= 4 is 23.6 Å². The van der Waals surface area contributed by atoms with E-state index in [9.17, 15) is 45.5 Å². The fourth-order valence-electron chi connectivity index (χ4n) is 9.60. The second-order valence-corrected chi connectivity index (χ2v) is 19.1. The van der Waals surface area contributed by atoms with Crippen LogP contribution in [0.25, 0.3) is 22.3 Å². The molecule has 16 heteroatoms. The Bertz CT molecular complexity index is 3440. The Morgan fingerprint density at radius 1 is 0.506 bits per heavy atom. The lowest BCUT2D eigenvalue weighted by Gasteiger charge is -2.23. The van der Waals surface area contributed by atoms with Crippen LogP contribution < -0.4 is 17.2 Å². The number of hydrogen-bond acceptors (Lipinski definition) is 7. The summed E-state index contributed by atoms with van der Waals surface area (Å²) >= 11 is 0. The number of aromatic nitrogens is 2. The molecule has 2 atom stereocenters. The highest BCUT2D eigenvalue weighted by Gasteiger charge is 2.52. The first-order valence-corrected chi connectivity index (χ1v) is 24.5. The van der Waals surface area contributed by atoms with E-state index in [-0.39, 0.29) is 36.2 Å². The fourth-order valence-corrected chi connectivity index (χ4v) is 9.60. The smallest absolute Gasteiger partial charge is 0.314 e. The van der Waals surface area contributed by atoms with Crippen LogP contribution in [0.4, 0.5) is 26.3 Å². The first kappa shape index (κ1) is 54.5. The zero-order valence-corrected chi connectivity index (χ0v) is 41.2. The third-order valence-corrected chi connectivity index (χ3v) is 13.8. The lowest BCUT2D eigenvalue weighted by Crippen LogP contribution is -2.24. The molecule has 2 fully saturated rings. The van der Waals surface area contributed by atoms with Crippen LogP contribution in [0.2, 0.25) is 0 Å². The van der Waals surface area contributed by atoms with Crippen LogP contribution in [-0.4, -0.2) is 38.6 Å². The molecule has 6 aromatic carbocycles. The Morgan fingerprint density at radius 2 is 0.922 bits per heavy atom. The lowest BCUT2D eigenvalue weighted by molar-refractivity contribution is -0.140. The number of carbonyl (C=O) groups excluding carboxylic acids is 3. The van der Waals surface area contributed by atoms with E-state index in [1.54, 1.807) is 30.5 Å². The van der Waals surface area contributed by atoms with Crippen molar-refractivity contribution in [3.8, 4) is 22.3 Å². The highest BCUT2D eigenvalue weighted by Crippen LogP contribution is 2.51. The summed E-state index contributed by atoms with van der Waals surface area (Å²) in [6.45, 7) is 0. The molecular formula is C61H51F6N5O5. The van der Waals surface area contributed by atoms with Crippen molar-refractivity contribution in [2.75, 3.05) is 0 Å². The van der Waals surface area contributed by atoms with Crippen LogP contribution in [0.5, 0.6) is 0 Å². The topological polar surface area (TPSA) is 192 Å². The second-order valence-electron chi connectivity index (χ2n) is 19.1. The van der Waals surface area contributed by atoms with Crippen molar-refractivity contribution in [2.24, 2.45) is 17.2 Å². The molecule has 0 aliphatic heterocycles. The number of carboxylic acids is 1. The largest absolute Gasteiger partial charge is 0.481 e. The summed E-state index contributed by atoms with van der Waals surface area (Å²) in [6, 6.07) is 39.6. The van der Waals surface area contributed by atoms with Crippen molar-refractivity contribution in [1.82, 2.24) is 9.97 Å². The van der Waals surface area contributed by atoms with Gasteiger partial charge in [0.1, 0.15) is 40.7 Å².